The van der Waals surface area contributed by atoms with Crippen LogP contribution in [0.15, 0.2) is 78.9 Å². The second kappa shape index (κ2) is 9.92. The summed E-state index contributed by atoms with van der Waals surface area (Å²) < 4.78 is 5.80. The van der Waals surface area contributed by atoms with Gasteiger partial charge in [0.25, 0.3) is 0 Å². The summed E-state index contributed by atoms with van der Waals surface area (Å²) in [4.78, 5) is 2.08. The molecule has 2 N–H and O–H groups in total. The zero-order chi connectivity index (χ0) is 20.6. The number of hydrogen-bond donors (Lipinski definition) is 2. The highest BCUT2D eigenvalue weighted by molar-refractivity contribution is 5.99. The number of phenols is 1. The van der Waals surface area contributed by atoms with Gasteiger partial charge in [0, 0.05) is 6.54 Å². The Balaban J connectivity index is 2.02. The Hall–Kier alpha value is -3.08. The molecule has 0 amide bonds. The van der Waals surface area contributed by atoms with Gasteiger partial charge in [0.2, 0.25) is 0 Å². The van der Waals surface area contributed by atoms with E-state index in [0.717, 1.165) is 40.1 Å². The summed E-state index contributed by atoms with van der Waals surface area (Å²) in [6.07, 6.45) is 0. The quantitative estimate of drug-likeness (QED) is 0.565. The lowest BCUT2D eigenvalue weighted by Gasteiger charge is -2.17. The van der Waals surface area contributed by atoms with Crippen LogP contribution < -0.4 is 4.74 Å². The van der Waals surface area contributed by atoms with E-state index in [0.29, 0.717) is 6.61 Å². The first-order chi connectivity index (χ1) is 14.1. The van der Waals surface area contributed by atoms with E-state index in [2.05, 4.69) is 4.90 Å². The van der Waals surface area contributed by atoms with Gasteiger partial charge in [-0.2, -0.15) is 0 Å². The lowest BCUT2D eigenvalue weighted by molar-refractivity contribution is 0.261. The van der Waals surface area contributed by atoms with Crippen molar-refractivity contribution >= 4 is 11.1 Å². The van der Waals surface area contributed by atoms with Crippen molar-refractivity contribution in [3.63, 3.8) is 0 Å². The van der Waals surface area contributed by atoms with Gasteiger partial charge in [-0.15, -0.1) is 0 Å². The molecule has 0 saturated carbocycles. The van der Waals surface area contributed by atoms with Crippen LogP contribution in [-0.2, 0) is 0 Å². The zero-order valence-corrected chi connectivity index (χ0v) is 16.9. The molecule has 3 rings (SSSR count). The zero-order valence-electron chi connectivity index (χ0n) is 16.9. The molecule has 0 aliphatic carbocycles. The van der Waals surface area contributed by atoms with Gasteiger partial charge in [-0.3, -0.25) is 0 Å². The van der Waals surface area contributed by atoms with Crippen molar-refractivity contribution in [2.24, 2.45) is 0 Å². The fourth-order valence-electron chi connectivity index (χ4n) is 3.16. The number of phenolic OH excluding ortho intramolecular Hbond substituents is 1. The molecule has 0 saturated heterocycles. The molecule has 0 atom stereocenters. The summed E-state index contributed by atoms with van der Waals surface area (Å²) in [6.45, 7) is 1.38. The van der Waals surface area contributed by atoms with Gasteiger partial charge in [-0.1, -0.05) is 54.6 Å². The van der Waals surface area contributed by atoms with Crippen molar-refractivity contribution in [3.05, 3.63) is 95.6 Å². The van der Waals surface area contributed by atoms with E-state index in [1.54, 1.807) is 12.1 Å². The van der Waals surface area contributed by atoms with Gasteiger partial charge >= 0.3 is 0 Å². The largest absolute Gasteiger partial charge is 0.508 e. The monoisotopic (exact) mass is 389 g/mol. The topological polar surface area (TPSA) is 52.9 Å². The predicted octanol–water partition coefficient (Wildman–Crippen LogP) is 4.28. The minimum atomic E-state index is -0.0959. The molecule has 0 spiro atoms. The first kappa shape index (κ1) is 20.6. The number of hydrogen-bond acceptors (Lipinski definition) is 4. The molecule has 0 bridgehead atoms. The number of likely N-dealkylation sites (N-methyl/N-ethyl adjacent to an activating group) is 1. The van der Waals surface area contributed by atoms with Crippen LogP contribution in [0.25, 0.3) is 11.1 Å². The van der Waals surface area contributed by atoms with E-state index < -0.39 is 0 Å². The van der Waals surface area contributed by atoms with E-state index in [4.69, 9.17) is 4.74 Å². The van der Waals surface area contributed by atoms with Crippen molar-refractivity contribution in [1.29, 1.82) is 0 Å². The van der Waals surface area contributed by atoms with Crippen molar-refractivity contribution in [3.8, 4) is 11.5 Å². The highest BCUT2D eigenvalue weighted by Crippen LogP contribution is 2.33. The minimum absolute atomic E-state index is 0.0959. The fourth-order valence-corrected chi connectivity index (χ4v) is 3.16. The van der Waals surface area contributed by atoms with E-state index >= 15 is 0 Å². The maximum atomic E-state index is 10.2. The Morgan fingerprint density at radius 1 is 0.793 bits per heavy atom. The first-order valence-corrected chi connectivity index (χ1v) is 9.65. The third-order valence-corrected chi connectivity index (χ3v) is 4.69. The number of aliphatic hydroxyl groups excluding tert-OH is 1. The van der Waals surface area contributed by atoms with Crippen LogP contribution in [0.4, 0.5) is 0 Å². The van der Waals surface area contributed by atoms with Crippen LogP contribution in [0, 0.1) is 0 Å². The fraction of sp³-hybridized carbons (Fsp3) is 0.200. The van der Waals surface area contributed by atoms with Crippen LogP contribution >= 0.6 is 0 Å². The summed E-state index contributed by atoms with van der Waals surface area (Å²) >= 11 is 0. The molecule has 0 fully saturated rings. The molecule has 3 aromatic carbocycles. The lowest BCUT2D eigenvalue weighted by atomic mass is 9.90. The average Bonchev–Trinajstić information content (AvgIpc) is 2.74. The normalized spacial score (nSPS) is 12.0. The second-order valence-corrected chi connectivity index (χ2v) is 7.10. The van der Waals surface area contributed by atoms with Crippen LogP contribution in [0.1, 0.15) is 16.7 Å². The van der Waals surface area contributed by atoms with E-state index in [1.807, 2.05) is 80.8 Å². The number of aliphatic hydroxyl groups is 1. The van der Waals surface area contributed by atoms with Gasteiger partial charge in [-0.05, 0) is 66.2 Å². The summed E-state index contributed by atoms with van der Waals surface area (Å²) in [5.74, 6) is 1.02. The first-order valence-electron chi connectivity index (χ1n) is 9.65. The van der Waals surface area contributed by atoms with Gasteiger partial charge in [-0.25, -0.2) is 0 Å². The minimum Gasteiger partial charge on any atom is -0.508 e. The number of nitrogens with zero attached hydrogens (tertiary/aromatic N) is 1. The average molecular weight is 389 g/mol. The number of aromatic hydroxyl groups is 1. The van der Waals surface area contributed by atoms with Gasteiger partial charge in [0.15, 0.2) is 0 Å². The number of ether oxygens (including phenoxy) is 1. The van der Waals surface area contributed by atoms with Crippen molar-refractivity contribution in [2.45, 2.75) is 0 Å². The maximum Gasteiger partial charge on any atom is 0.119 e. The van der Waals surface area contributed by atoms with E-state index in [-0.39, 0.29) is 12.4 Å². The SMILES string of the molecule is CN(C)CCOc1ccc(/C(=C(\CO)c2ccccc2)c2ccc(O)cc2)cc1. The number of benzene rings is 3. The number of rotatable bonds is 8. The molecule has 29 heavy (non-hydrogen) atoms. The molecule has 0 heterocycles. The molecule has 4 nitrogen and oxygen atoms in total. The van der Waals surface area contributed by atoms with E-state index in [9.17, 15) is 10.2 Å². The second-order valence-electron chi connectivity index (χ2n) is 7.10. The third-order valence-electron chi connectivity index (χ3n) is 4.69. The third kappa shape index (κ3) is 5.47. The van der Waals surface area contributed by atoms with Crippen molar-refractivity contribution < 1.29 is 14.9 Å². The van der Waals surface area contributed by atoms with Gasteiger partial charge < -0.3 is 19.8 Å². The van der Waals surface area contributed by atoms with Crippen molar-refractivity contribution in [2.75, 3.05) is 33.9 Å². The molecule has 0 aliphatic heterocycles. The Kier molecular flexibility index (Phi) is 7.06. The summed E-state index contributed by atoms with van der Waals surface area (Å²) in [6, 6.07) is 24.8. The molecule has 0 radical (unpaired) electrons. The molecule has 150 valence electrons. The predicted molar refractivity (Wildman–Crippen MR) is 118 cm³/mol. The standard InChI is InChI=1S/C25H27NO3/c1-26(2)16-17-29-23-14-10-21(11-15-23)25(20-8-12-22(28)13-9-20)24(18-27)19-6-4-3-5-7-19/h3-15,27-28H,16-18H2,1-2H3/b25-24+. The molecule has 0 aromatic heterocycles. The summed E-state index contributed by atoms with van der Waals surface area (Å²) in [5, 5.41) is 19.9. The Bertz CT molecular complexity index is 930. The molecule has 3 aromatic rings. The summed E-state index contributed by atoms with van der Waals surface area (Å²) in [7, 11) is 4.03. The highest BCUT2D eigenvalue weighted by Gasteiger charge is 2.14. The smallest absolute Gasteiger partial charge is 0.119 e. The van der Waals surface area contributed by atoms with Gasteiger partial charge in [0.05, 0.1) is 6.61 Å². The Labute approximate surface area is 172 Å². The molecular formula is C25H27NO3. The van der Waals surface area contributed by atoms with E-state index in [1.165, 1.54) is 0 Å². The molecule has 0 unspecified atom stereocenters. The van der Waals surface area contributed by atoms with Gasteiger partial charge in [0.1, 0.15) is 18.1 Å². The van der Waals surface area contributed by atoms with Crippen LogP contribution in [0.2, 0.25) is 0 Å². The van der Waals surface area contributed by atoms with Crippen LogP contribution in [0.5, 0.6) is 11.5 Å². The Morgan fingerprint density at radius 2 is 1.38 bits per heavy atom. The molecule has 4 heteroatoms. The van der Waals surface area contributed by atoms with Crippen LogP contribution in [-0.4, -0.2) is 49.0 Å². The van der Waals surface area contributed by atoms with Crippen molar-refractivity contribution in [1.82, 2.24) is 4.90 Å². The lowest BCUT2D eigenvalue weighted by Crippen LogP contribution is -2.19. The summed E-state index contributed by atoms with van der Waals surface area (Å²) in [5.41, 5.74) is 4.63. The highest BCUT2D eigenvalue weighted by atomic mass is 16.5. The van der Waals surface area contributed by atoms with Crippen LogP contribution in [0.3, 0.4) is 0 Å². The molecule has 0 aliphatic rings. The Morgan fingerprint density at radius 3 is 1.93 bits per heavy atom. The molecular weight excluding hydrogens is 362 g/mol. The maximum absolute atomic E-state index is 10.2.